The summed E-state index contributed by atoms with van der Waals surface area (Å²) in [6.07, 6.45) is 7.41. The first-order chi connectivity index (χ1) is 15.7. The van der Waals surface area contributed by atoms with Crippen molar-refractivity contribution >= 4 is 28.9 Å². The van der Waals surface area contributed by atoms with Crippen molar-refractivity contribution < 1.29 is 0 Å². The van der Waals surface area contributed by atoms with Gasteiger partial charge in [-0.05, 0) is 54.4 Å². The number of nitrogens with zero attached hydrogens (tertiary/aromatic N) is 6. The molecule has 0 unspecified atom stereocenters. The molecular weight excluding hydrogens is 440 g/mol. The molecule has 0 bridgehead atoms. The van der Waals surface area contributed by atoms with Crippen molar-refractivity contribution in [2.45, 2.75) is 17.8 Å². The lowest BCUT2D eigenvalue weighted by atomic mass is 10.2. The largest absolute Gasteiger partial charge is 0.322 e. The van der Waals surface area contributed by atoms with Crippen molar-refractivity contribution in [3.63, 3.8) is 0 Å². The molecule has 5 aromatic rings. The highest BCUT2D eigenvalue weighted by Crippen LogP contribution is 2.33. The van der Waals surface area contributed by atoms with Crippen LogP contribution >= 0.6 is 23.4 Å². The molecule has 4 aromatic heterocycles. The van der Waals surface area contributed by atoms with Gasteiger partial charge >= 0.3 is 0 Å². The van der Waals surface area contributed by atoms with E-state index >= 15 is 0 Å². The topological polar surface area (TPSA) is 71.8 Å². The molecule has 8 heteroatoms. The molecule has 32 heavy (non-hydrogen) atoms. The van der Waals surface area contributed by atoms with Gasteiger partial charge < -0.3 is 4.40 Å². The number of thioether (sulfide) groups is 1. The molecule has 6 nitrogen and oxygen atoms in total. The summed E-state index contributed by atoms with van der Waals surface area (Å²) in [6.45, 7) is 1.98. The first-order valence-electron chi connectivity index (χ1n) is 9.90. The standard InChI is InChI=1S/C24H17ClN6S/c1-16-20(25)5-4-7-21(16)31-23(17-8-10-27-11-9-17)28-29-24(31)32-15-18-14-30-12-3-2-6-22(30)19(18)13-26/h2-12,14H,15H2,1H3. The smallest absolute Gasteiger partial charge is 0.196 e. The van der Waals surface area contributed by atoms with E-state index < -0.39 is 0 Å². The van der Waals surface area contributed by atoms with Gasteiger partial charge in [0.25, 0.3) is 0 Å². The Kier molecular flexibility index (Phi) is 5.39. The molecular formula is C24H17ClN6S. The second-order valence-corrected chi connectivity index (χ2v) is 8.53. The van der Waals surface area contributed by atoms with Gasteiger partial charge in [-0.2, -0.15) is 5.26 Å². The van der Waals surface area contributed by atoms with Crippen LogP contribution in [0.4, 0.5) is 0 Å². The van der Waals surface area contributed by atoms with E-state index in [1.807, 2.05) is 76.8 Å². The molecule has 0 fully saturated rings. The summed E-state index contributed by atoms with van der Waals surface area (Å²) in [6, 6.07) is 17.8. The first-order valence-corrected chi connectivity index (χ1v) is 11.3. The highest BCUT2D eigenvalue weighted by Gasteiger charge is 2.19. The van der Waals surface area contributed by atoms with Crippen molar-refractivity contribution in [3.05, 3.63) is 95.0 Å². The Morgan fingerprint density at radius 1 is 1.06 bits per heavy atom. The van der Waals surface area contributed by atoms with Gasteiger partial charge in [0.15, 0.2) is 11.0 Å². The Labute approximate surface area is 194 Å². The van der Waals surface area contributed by atoms with E-state index in [9.17, 15) is 5.26 Å². The molecule has 4 heterocycles. The Bertz CT molecular complexity index is 1470. The average Bonchev–Trinajstić information content (AvgIpc) is 3.41. The second-order valence-electron chi connectivity index (χ2n) is 7.18. The van der Waals surface area contributed by atoms with Gasteiger partial charge in [0.1, 0.15) is 6.07 Å². The van der Waals surface area contributed by atoms with E-state index in [2.05, 4.69) is 21.3 Å². The Hall–Kier alpha value is -3.60. The van der Waals surface area contributed by atoms with Crippen LogP contribution in [0.5, 0.6) is 0 Å². The predicted octanol–water partition coefficient (Wildman–Crippen LogP) is 5.71. The maximum atomic E-state index is 9.73. The minimum atomic E-state index is 0.582. The molecule has 0 amide bonds. The fraction of sp³-hybridized carbons (Fsp3) is 0.0833. The predicted molar refractivity (Wildman–Crippen MR) is 126 cm³/mol. The van der Waals surface area contributed by atoms with Crippen molar-refractivity contribution in [2.75, 3.05) is 0 Å². The minimum Gasteiger partial charge on any atom is -0.322 e. The number of benzene rings is 1. The van der Waals surface area contributed by atoms with Crippen LogP contribution in [0.25, 0.3) is 22.6 Å². The second kappa shape index (κ2) is 8.50. The number of rotatable bonds is 5. The zero-order chi connectivity index (χ0) is 22.1. The number of fused-ring (bicyclic) bond motifs is 1. The van der Waals surface area contributed by atoms with Crippen LogP contribution in [0.3, 0.4) is 0 Å². The lowest BCUT2D eigenvalue weighted by Crippen LogP contribution is -2.02. The van der Waals surface area contributed by atoms with Gasteiger partial charge in [-0.3, -0.25) is 9.55 Å². The molecule has 0 N–H and O–H groups in total. The van der Waals surface area contributed by atoms with E-state index in [0.717, 1.165) is 33.1 Å². The molecule has 1 aromatic carbocycles. The molecule has 0 radical (unpaired) electrons. The number of nitriles is 1. The SMILES string of the molecule is Cc1c(Cl)cccc1-n1c(SCc2cn3ccccc3c2C#N)nnc1-c1ccncc1. The summed E-state index contributed by atoms with van der Waals surface area (Å²) in [4.78, 5) is 4.11. The van der Waals surface area contributed by atoms with Crippen LogP contribution < -0.4 is 0 Å². The molecule has 0 spiro atoms. The van der Waals surface area contributed by atoms with Gasteiger partial charge in [0.05, 0.1) is 16.8 Å². The van der Waals surface area contributed by atoms with Gasteiger partial charge in [0.2, 0.25) is 0 Å². The maximum absolute atomic E-state index is 9.73. The fourth-order valence-electron chi connectivity index (χ4n) is 3.67. The quantitative estimate of drug-likeness (QED) is 0.317. The normalized spacial score (nSPS) is 11.0. The average molecular weight is 457 g/mol. The van der Waals surface area contributed by atoms with Crippen LogP contribution in [-0.4, -0.2) is 24.1 Å². The number of pyridine rings is 2. The zero-order valence-corrected chi connectivity index (χ0v) is 18.7. The maximum Gasteiger partial charge on any atom is 0.196 e. The summed E-state index contributed by atoms with van der Waals surface area (Å²) in [5, 5.41) is 20.1. The molecule has 0 saturated heterocycles. The van der Waals surface area contributed by atoms with Crippen LogP contribution in [0.1, 0.15) is 16.7 Å². The Morgan fingerprint density at radius 2 is 1.91 bits per heavy atom. The summed E-state index contributed by atoms with van der Waals surface area (Å²) >= 11 is 7.97. The van der Waals surface area contributed by atoms with Crippen molar-refractivity contribution in [3.8, 4) is 23.1 Å². The first kappa shape index (κ1) is 20.3. The van der Waals surface area contributed by atoms with Crippen LogP contribution in [0.15, 0.2) is 78.5 Å². The van der Waals surface area contributed by atoms with E-state index in [1.165, 1.54) is 11.8 Å². The monoisotopic (exact) mass is 456 g/mol. The summed E-state index contributed by atoms with van der Waals surface area (Å²) in [7, 11) is 0. The molecule has 0 aliphatic heterocycles. The molecule has 5 rings (SSSR count). The third-order valence-corrected chi connectivity index (χ3v) is 6.67. The minimum absolute atomic E-state index is 0.582. The van der Waals surface area contributed by atoms with E-state index in [1.54, 1.807) is 12.4 Å². The van der Waals surface area contributed by atoms with E-state index in [0.29, 0.717) is 22.2 Å². The molecule has 156 valence electrons. The summed E-state index contributed by atoms with van der Waals surface area (Å²) < 4.78 is 3.99. The molecule has 0 atom stereocenters. The van der Waals surface area contributed by atoms with Gasteiger partial charge in [0, 0.05) is 41.1 Å². The van der Waals surface area contributed by atoms with Crippen LogP contribution in [-0.2, 0) is 5.75 Å². The van der Waals surface area contributed by atoms with Gasteiger partial charge in [-0.1, -0.05) is 35.5 Å². The highest BCUT2D eigenvalue weighted by atomic mass is 35.5. The number of hydrogen-bond acceptors (Lipinski definition) is 5. The van der Waals surface area contributed by atoms with Gasteiger partial charge in [-0.25, -0.2) is 0 Å². The number of halogens is 1. The number of aromatic nitrogens is 5. The van der Waals surface area contributed by atoms with Crippen molar-refractivity contribution in [1.82, 2.24) is 24.1 Å². The molecule has 0 aliphatic carbocycles. The lowest BCUT2D eigenvalue weighted by molar-refractivity contribution is 0.880. The fourth-order valence-corrected chi connectivity index (χ4v) is 4.75. The van der Waals surface area contributed by atoms with Crippen LogP contribution in [0.2, 0.25) is 5.02 Å². The third-order valence-electron chi connectivity index (χ3n) is 5.28. The number of hydrogen-bond donors (Lipinski definition) is 0. The van der Waals surface area contributed by atoms with Gasteiger partial charge in [-0.15, -0.1) is 10.2 Å². The molecule has 0 aliphatic rings. The van der Waals surface area contributed by atoms with Crippen molar-refractivity contribution in [1.29, 1.82) is 5.26 Å². The highest BCUT2D eigenvalue weighted by molar-refractivity contribution is 7.98. The van der Waals surface area contributed by atoms with E-state index in [-0.39, 0.29) is 0 Å². The molecule has 0 saturated carbocycles. The Balaban J connectivity index is 1.59. The third kappa shape index (κ3) is 3.54. The summed E-state index contributed by atoms with van der Waals surface area (Å²) in [5.74, 6) is 1.29. The van der Waals surface area contributed by atoms with E-state index in [4.69, 9.17) is 11.6 Å². The lowest BCUT2D eigenvalue weighted by Gasteiger charge is -2.13. The van der Waals surface area contributed by atoms with Crippen LogP contribution in [0, 0.1) is 18.3 Å². The zero-order valence-electron chi connectivity index (χ0n) is 17.1. The Morgan fingerprint density at radius 3 is 2.72 bits per heavy atom. The summed E-state index contributed by atoms with van der Waals surface area (Å²) in [5.41, 5.74) is 5.29. The van der Waals surface area contributed by atoms with Crippen molar-refractivity contribution in [2.24, 2.45) is 0 Å².